The first-order chi connectivity index (χ1) is 11.8. The molecule has 0 aliphatic heterocycles. The SMILES string of the molecule is O=C(C=Cc1ccccc1)Nc1ccc2c(c1)oc1ccccc12. The number of hydrogen-bond acceptors (Lipinski definition) is 2. The lowest BCUT2D eigenvalue weighted by Crippen LogP contribution is -2.07. The van der Waals surface area contributed by atoms with Crippen molar-refractivity contribution in [3.63, 3.8) is 0 Å². The lowest BCUT2D eigenvalue weighted by molar-refractivity contribution is -0.111. The summed E-state index contributed by atoms with van der Waals surface area (Å²) in [4.78, 5) is 12.1. The second-order valence-electron chi connectivity index (χ2n) is 5.54. The predicted octanol–water partition coefficient (Wildman–Crippen LogP) is 5.24. The van der Waals surface area contributed by atoms with Gasteiger partial charge in [0.25, 0.3) is 0 Å². The molecule has 24 heavy (non-hydrogen) atoms. The molecule has 3 nitrogen and oxygen atoms in total. The number of para-hydroxylation sites is 1. The Kier molecular flexibility index (Phi) is 3.60. The zero-order valence-corrected chi connectivity index (χ0v) is 12.9. The van der Waals surface area contributed by atoms with E-state index < -0.39 is 0 Å². The lowest BCUT2D eigenvalue weighted by Gasteiger charge is -2.01. The van der Waals surface area contributed by atoms with Crippen molar-refractivity contribution in [3.05, 3.63) is 84.4 Å². The van der Waals surface area contributed by atoms with Gasteiger partial charge in [-0.25, -0.2) is 0 Å². The van der Waals surface area contributed by atoms with E-state index in [2.05, 4.69) is 5.32 Å². The van der Waals surface area contributed by atoms with Gasteiger partial charge in [0.1, 0.15) is 11.2 Å². The maximum Gasteiger partial charge on any atom is 0.248 e. The first-order valence-electron chi connectivity index (χ1n) is 7.75. The summed E-state index contributed by atoms with van der Waals surface area (Å²) >= 11 is 0. The Balaban J connectivity index is 1.57. The number of fused-ring (bicyclic) bond motifs is 3. The van der Waals surface area contributed by atoms with Gasteiger partial charge in [0.05, 0.1) is 0 Å². The molecule has 1 amide bonds. The highest BCUT2D eigenvalue weighted by molar-refractivity contribution is 6.07. The third-order valence-electron chi connectivity index (χ3n) is 3.87. The average molecular weight is 313 g/mol. The Bertz CT molecular complexity index is 1050. The van der Waals surface area contributed by atoms with E-state index in [0.29, 0.717) is 5.69 Å². The average Bonchev–Trinajstić information content (AvgIpc) is 2.98. The Labute approximate surface area is 139 Å². The number of amides is 1. The van der Waals surface area contributed by atoms with Crippen molar-refractivity contribution in [1.82, 2.24) is 0 Å². The van der Waals surface area contributed by atoms with Crippen molar-refractivity contribution in [2.45, 2.75) is 0 Å². The van der Waals surface area contributed by atoms with Gasteiger partial charge < -0.3 is 9.73 Å². The minimum atomic E-state index is -0.172. The van der Waals surface area contributed by atoms with Crippen LogP contribution in [-0.4, -0.2) is 5.91 Å². The molecule has 0 spiro atoms. The first kappa shape index (κ1) is 14.3. The van der Waals surface area contributed by atoms with E-state index in [-0.39, 0.29) is 5.91 Å². The number of benzene rings is 3. The molecule has 0 aliphatic carbocycles. The smallest absolute Gasteiger partial charge is 0.248 e. The Morgan fingerprint density at radius 2 is 1.58 bits per heavy atom. The number of furan rings is 1. The number of anilines is 1. The standard InChI is InChI=1S/C21H15NO2/c23-21(13-10-15-6-2-1-3-7-15)22-16-11-12-18-17-8-4-5-9-19(17)24-20(18)14-16/h1-14H,(H,22,23). The zero-order valence-electron chi connectivity index (χ0n) is 12.9. The fraction of sp³-hybridized carbons (Fsp3) is 0. The number of carbonyl (C=O) groups is 1. The van der Waals surface area contributed by atoms with Crippen LogP contribution in [0.25, 0.3) is 28.0 Å². The van der Waals surface area contributed by atoms with E-state index in [0.717, 1.165) is 27.5 Å². The second kappa shape index (κ2) is 6.05. The van der Waals surface area contributed by atoms with Gasteiger partial charge in [-0.1, -0.05) is 48.5 Å². The molecule has 0 saturated heterocycles. The van der Waals surface area contributed by atoms with Gasteiger partial charge in [-0.15, -0.1) is 0 Å². The van der Waals surface area contributed by atoms with E-state index >= 15 is 0 Å². The van der Waals surface area contributed by atoms with Crippen molar-refractivity contribution in [1.29, 1.82) is 0 Å². The largest absolute Gasteiger partial charge is 0.456 e. The molecular formula is C21H15NO2. The van der Waals surface area contributed by atoms with Crippen molar-refractivity contribution in [2.24, 2.45) is 0 Å². The molecule has 0 bridgehead atoms. The molecule has 1 aromatic heterocycles. The van der Waals surface area contributed by atoms with Gasteiger partial charge in [0.15, 0.2) is 0 Å². The molecule has 3 aromatic carbocycles. The maximum absolute atomic E-state index is 12.1. The monoisotopic (exact) mass is 313 g/mol. The van der Waals surface area contributed by atoms with Gasteiger partial charge in [-0.05, 0) is 29.8 Å². The van der Waals surface area contributed by atoms with E-state index in [1.807, 2.05) is 72.8 Å². The second-order valence-corrected chi connectivity index (χ2v) is 5.54. The molecule has 0 fully saturated rings. The van der Waals surface area contributed by atoms with Crippen LogP contribution in [0.5, 0.6) is 0 Å². The fourth-order valence-corrected chi connectivity index (χ4v) is 2.72. The van der Waals surface area contributed by atoms with Crippen LogP contribution in [0.1, 0.15) is 5.56 Å². The fourth-order valence-electron chi connectivity index (χ4n) is 2.72. The number of hydrogen-bond donors (Lipinski definition) is 1. The van der Waals surface area contributed by atoms with Crippen LogP contribution in [0.3, 0.4) is 0 Å². The van der Waals surface area contributed by atoms with Gasteiger partial charge in [-0.3, -0.25) is 4.79 Å². The minimum absolute atomic E-state index is 0.172. The molecule has 0 aliphatic rings. The van der Waals surface area contributed by atoms with Crippen LogP contribution in [0.2, 0.25) is 0 Å². The molecule has 0 radical (unpaired) electrons. The van der Waals surface area contributed by atoms with Crippen molar-refractivity contribution >= 4 is 39.6 Å². The lowest BCUT2D eigenvalue weighted by atomic mass is 10.1. The highest BCUT2D eigenvalue weighted by Crippen LogP contribution is 2.30. The Morgan fingerprint density at radius 1 is 0.833 bits per heavy atom. The molecule has 4 aromatic rings. The van der Waals surface area contributed by atoms with E-state index in [1.165, 1.54) is 6.08 Å². The number of carbonyl (C=O) groups excluding carboxylic acids is 1. The third kappa shape index (κ3) is 2.79. The van der Waals surface area contributed by atoms with Crippen LogP contribution in [0.15, 0.2) is 83.3 Å². The highest BCUT2D eigenvalue weighted by Gasteiger charge is 2.07. The molecule has 1 N–H and O–H groups in total. The molecule has 4 rings (SSSR count). The summed E-state index contributed by atoms with van der Waals surface area (Å²) in [6.07, 6.45) is 3.31. The normalized spacial score (nSPS) is 11.3. The molecule has 0 unspecified atom stereocenters. The van der Waals surface area contributed by atoms with Gasteiger partial charge >= 0.3 is 0 Å². The summed E-state index contributed by atoms with van der Waals surface area (Å²) in [5.74, 6) is -0.172. The molecule has 1 heterocycles. The summed E-state index contributed by atoms with van der Waals surface area (Å²) < 4.78 is 5.83. The maximum atomic E-state index is 12.1. The third-order valence-corrected chi connectivity index (χ3v) is 3.87. The van der Waals surface area contributed by atoms with Crippen LogP contribution >= 0.6 is 0 Å². The molecule has 3 heteroatoms. The van der Waals surface area contributed by atoms with Crippen LogP contribution in [-0.2, 0) is 4.79 Å². The van der Waals surface area contributed by atoms with Crippen LogP contribution < -0.4 is 5.32 Å². The molecule has 116 valence electrons. The van der Waals surface area contributed by atoms with Crippen molar-refractivity contribution < 1.29 is 9.21 Å². The first-order valence-corrected chi connectivity index (χ1v) is 7.75. The summed E-state index contributed by atoms with van der Waals surface area (Å²) in [5.41, 5.74) is 3.31. The van der Waals surface area contributed by atoms with Gasteiger partial charge in [0, 0.05) is 28.6 Å². The predicted molar refractivity (Wildman–Crippen MR) is 97.8 cm³/mol. The van der Waals surface area contributed by atoms with Gasteiger partial charge in [-0.2, -0.15) is 0 Å². The minimum Gasteiger partial charge on any atom is -0.456 e. The zero-order chi connectivity index (χ0) is 16.4. The van der Waals surface area contributed by atoms with Crippen molar-refractivity contribution in [2.75, 3.05) is 5.32 Å². The topological polar surface area (TPSA) is 42.2 Å². The van der Waals surface area contributed by atoms with Crippen LogP contribution in [0, 0.1) is 0 Å². The molecule has 0 atom stereocenters. The van der Waals surface area contributed by atoms with Crippen LogP contribution in [0.4, 0.5) is 5.69 Å². The van der Waals surface area contributed by atoms with Gasteiger partial charge in [0.2, 0.25) is 5.91 Å². The Morgan fingerprint density at radius 3 is 2.46 bits per heavy atom. The number of nitrogens with one attached hydrogen (secondary N) is 1. The number of rotatable bonds is 3. The van der Waals surface area contributed by atoms with E-state index in [4.69, 9.17) is 4.42 Å². The summed E-state index contributed by atoms with van der Waals surface area (Å²) in [7, 11) is 0. The molecular weight excluding hydrogens is 298 g/mol. The highest BCUT2D eigenvalue weighted by atomic mass is 16.3. The Hall–Kier alpha value is -3.33. The summed E-state index contributed by atoms with van der Waals surface area (Å²) in [6, 6.07) is 23.3. The van der Waals surface area contributed by atoms with E-state index in [9.17, 15) is 4.79 Å². The molecule has 0 saturated carbocycles. The summed E-state index contributed by atoms with van der Waals surface area (Å²) in [6.45, 7) is 0. The van der Waals surface area contributed by atoms with Crippen molar-refractivity contribution in [3.8, 4) is 0 Å². The summed E-state index contributed by atoms with van der Waals surface area (Å²) in [5, 5.41) is 4.99. The quantitative estimate of drug-likeness (QED) is 0.526. The van der Waals surface area contributed by atoms with E-state index in [1.54, 1.807) is 6.08 Å².